The van der Waals surface area contributed by atoms with Crippen molar-refractivity contribution in [3.05, 3.63) is 0 Å². The van der Waals surface area contributed by atoms with E-state index in [1.54, 1.807) is 0 Å². The van der Waals surface area contributed by atoms with E-state index in [0.717, 1.165) is 19.0 Å². The van der Waals surface area contributed by atoms with E-state index >= 15 is 0 Å². The minimum Gasteiger partial charge on any atom is -0.353 e. The lowest BCUT2D eigenvalue weighted by molar-refractivity contribution is -0.0668. The Morgan fingerprint density at radius 1 is 1.31 bits per heavy atom. The van der Waals surface area contributed by atoms with Gasteiger partial charge in [-0.25, -0.2) is 0 Å². The molecule has 0 amide bonds. The molecule has 1 heterocycles. The normalized spacial score (nSPS) is 27.6. The average molecular weight is 223 g/mol. The molecule has 1 saturated carbocycles. The van der Waals surface area contributed by atoms with Gasteiger partial charge in [-0.1, -0.05) is 13.8 Å². The van der Waals surface area contributed by atoms with Crippen LogP contribution < -0.4 is 5.32 Å². The van der Waals surface area contributed by atoms with Crippen molar-refractivity contribution in [3.8, 4) is 0 Å². The summed E-state index contributed by atoms with van der Waals surface area (Å²) in [7, 11) is 0. The molecule has 1 N–H and O–H groups in total. The Hall–Kier alpha value is -0.730. The predicted octanol–water partition coefficient (Wildman–Crippen LogP) is 2.23. The monoisotopic (exact) mass is 223 g/mol. The number of hydrogen-bond acceptors (Lipinski definition) is 1. The minimum absolute atomic E-state index is 0.211. The fourth-order valence-corrected chi connectivity index (χ4v) is 2.17. The zero-order valence-corrected chi connectivity index (χ0v) is 11.3. The summed E-state index contributed by atoms with van der Waals surface area (Å²) >= 11 is 0. The van der Waals surface area contributed by atoms with Gasteiger partial charge in [0.15, 0.2) is 5.96 Å². The van der Waals surface area contributed by atoms with E-state index in [9.17, 15) is 0 Å². The summed E-state index contributed by atoms with van der Waals surface area (Å²) in [5.74, 6) is 1.12. The standard InChI is InChI=1S/C13H25N3/c1-6-14-11(15-10-7-8-10)16-9-12(2,3)13(16,4)5/h10H,6-9H2,1-5H3,(H,14,15). The van der Waals surface area contributed by atoms with Crippen molar-refractivity contribution in [1.82, 2.24) is 10.2 Å². The molecule has 2 rings (SSSR count). The van der Waals surface area contributed by atoms with Crippen LogP contribution in [0.25, 0.3) is 0 Å². The largest absolute Gasteiger partial charge is 0.353 e. The average Bonchev–Trinajstić information content (AvgIpc) is 2.97. The second-order valence-electron chi connectivity index (χ2n) is 6.25. The topological polar surface area (TPSA) is 27.6 Å². The predicted molar refractivity (Wildman–Crippen MR) is 68.7 cm³/mol. The first-order valence-corrected chi connectivity index (χ1v) is 6.47. The quantitative estimate of drug-likeness (QED) is 0.574. The number of likely N-dealkylation sites (tertiary alicyclic amines) is 1. The lowest BCUT2D eigenvalue weighted by atomic mass is 9.65. The van der Waals surface area contributed by atoms with E-state index in [-0.39, 0.29) is 5.54 Å². The first-order chi connectivity index (χ1) is 7.38. The van der Waals surface area contributed by atoms with E-state index in [1.807, 2.05) is 0 Å². The first kappa shape index (κ1) is 11.7. The van der Waals surface area contributed by atoms with Crippen LogP contribution in [0.4, 0.5) is 0 Å². The van der Waals surface area contributed by atoms with Gasteiger partial charge in [-0.15, -0.1) is 0 Å². The zero-order valence-electron chi connectivity index (χ0n) is 11.3. The maximum atomic E-state index is 4.62. The van der Waals surface area contributed by atoms with Crippen LogP contribution >= 0.6 is 0 Å². The lowest BCUT2D eigenvalue weighted by Gasteiger charge is -2.62. The summed E-state index contributed by atoms with van der Waals surface area (Å²) in [5, 5.41) is 3.56. The van der Waals surface area contributed by atoms with Gasteiger partial charge in [-0.3, -0.25) is 4.99 Å². The van der Waals surface area contributed by atoms with E-state index < -0.39 is 0 Å². The molecule has 0 aromatic heterocycles. The third-order valence-corrected chi connectivity index (χ3v) is 4.36. The van der Waals surface area contributed by atoms with E-state index in [4.69, 9.17) is 0 Å². The minimum atomic E-state index is 0.211. The van der Waals surface area contributed by atoms with Crippen LogP contribution in [0, 0.1) is 5.41 Å². The lowest BCUT2D eigenvalue weighted by Crippen LogP contribution is -2.72. The summed E-state index contributed by atoms with van der Waals surface area (Å²) in [6.45, 7) is 13.4. The summed E-state index contributed by atoms with van der Waals surface area (Å²) in [6.07, 6.45) is 2.61. The van der Waals surface area contributed by atoms with Gasteiger partial charge in [0.05, 0.1) is 0 Å². The van der Waals surface area contributed by atoms with E-state index in [1.165, 1.54) is 12.8 Å². The highest BCUT2D eigenvalue weighted by Gasteiger charge is 2.54. The molecule has 2 fully saturated rings. The van der Waals surface area contributed by atoms with Crippen molar-refractivity contribution in [3.63, 3.8) is 0 Å². The smallest absolute Gasteiger partial charge is 0.194 e. The molecule has 0 unspecified atom stereocenters. The number of aliphatic imine (C=N–C) groups is 1. The second-order valence-corrected chi connectivity index (χ2v) is 6.25. The van der Waals surface area contributed by atoms with Crippen molar-refractivity contribution in [1.29, 1.82) is 0 Å². The Bertz CT molecular complexity index is 300. The van der Waals surface area contributed by atoms with Gasteiger partial charge in [0, 0.05) is 30.1 Å². The molecule has 0 spiro atoms. The van der Waals surface area contributed by atoms with Crippen molar-refractivity contribution < 1.29 is 0 Å². The molecule has 0 radical (unpaired) electrons. The SMILES string of the molecule is CCN=C(NC1CC1)N1CC(C)(C)C1(C)C. The summed E-state index contributed by atoms with van der Waals surface area (Å²) in [4.78, 5) is 7.04. The maximum absolute atomic E-state index is 4.62. The van der Waals surface area contributed by atoms with Crippen LogP contribution in [0.15, 0.2) is 4.99 Å². The summed E-state index contributed by atoms with van der Waals surface area (Å²) in [5.41, 5.74) is 0.593. The molecule has 1 saturated heterocycles. The fraction of sp³-hybridized carbons (Fsp3) is 0.923. The number of hydrogen-bond donors (Lipinski definition) is 1. The van der Waals surface area contributed by atoms with Gasteiger partial charge in [-0.2, -0.15) is 0 Å². The molecule has 0 atom stereocenters. The van der Waals surface area contributed by atoms with E-state index in [2.05, 4.69) is 49.8 Å². The molecular formula is C13H25N3. The van der Waals surface area contributed by atoms with Gasteiger partial charge >= 0.3 is 0 Å². The fourth-order valence-electron chi connectivity index (χ4n) is 2.17. The maximum Gasteiger partial charge on any atom is 0.194 e. The van der Waals surface area contributed by atoms with Crippen LogP contribution in [-0.2, 0) is 0 Å². The zero-order chi connectivity index (χ0) is 12.0. The highest BCUT2D eigenvalue weighted by molar-refractivity contribution is 5.82. The van der Waals surface area contributed by atoms with Crippen LogP contribution in [0.1, 0.15) is 47.5 Å². The third-order valence-electron chi connectivity index (χ3n) is 4.36. The van der Waals surface area contributed by atoms with Crippen LogP contribution in [0.5, 0.6) is 0 Å². The molecule has 1 aliphatic heterocycles. The molecule has 0 aromatic carbocycles. The molecular weight excluding hydrogens is 198 g/mol. The molecule has 16 heavy (non-hydrogen) atoms. The Morgan fingerprint density at radius 3 is 2.31 bits per heavy atom. The molecule has 0 aromatic rings. The Labute approximate surface area is 99.3 Å². The third kappa shape index (κ3) is 1.80. The van der Waals surface area contributed by atoms with Crippen LogP contribution in [0.3, 0.4) is 0 Å². The van der Waals surface area contributed by atoms with Gasteiger partial charge in [0.1, 0.15) is 0 Å². The summed E-state index contributed by atoms with van der Waals surface area (Å²) < 4.78 is 0. The molecule has 0 bridgehead atoms. The molecule has 92 valence electrons. The van der Waals surface area contributed by atoms with Crippen molar-refractivity contribution in [2.45, 2.75) is 59.0 Å². The highest BCUT2D eigenvalue weighted by atomic mass is 15.4. The Balaban J connectivity index is 2.07. The Morgan fingerprint density at radius 2 is 1.94 bits per heavy atom. The number of nitrogens with zero attached hydrogens (tertiary/aromatic N) is 2. The summed E-state index contributed by atoms with van der Waals surface area (Å²) in [6, 6.07) is 0.685. The Kier molecular flexibility index (Phi) is 2.67. The van der Waals surface area contributed by atoms with Crippen LogP contribution in [-0.4, -0.2) is 35.5 Å². The molecule has 3 heteroatoms. The van der Waals surface area contributed by atoms with Crippen molar-refractivity contribution in [2.24, 2.45) is 10.4 Å². The van der Waals surface area contributed by atoms with Crippen molar-refractivity contribution >= 4 is 5.96 Å². The number of guanidine groups is 1. The van der Waals surface area contributed by atoms with Crippen molar-refractivity contribution in [2.75, 3.05) is 13.1 Å². The second kappa shape index (κ2) is 3.64. The first-order valence-electron chi connectivity index (χ1n) is 6.47. The van der Waals surface area contributed by atoms with Gasteiger partial charge in [0.2, 0.25) is 0 Å². The molecule has 3 nitrogen and oxygen atoms in total. The van der Waals surface area contributed by atoms with Crippen LogP contribution in [0.2, 0.25) is 0 Å². The molecule has 1 aliphatic carbocycles. The van der Waals surface area contributed by atoms with Gasteiger partial charge in [0.25, 0.3) is 0 Å². The number of rotatable bonds is 2. The van der Waals surface area contributed by atoms with Gasteiger partial charge in [-0.05, 0) is 33.6 Å². The highest BCUT2D eigenvalue weighted by Crippen LogP contribution is 2.46. The molecule has 2 aliphatic rings. The van der Waals surface area contributed by atoms with E-state index in [0.29, 0.717) is 11.5 Å². The number of nitrogens with one attached hydrogen (secondary N) is 1. The van der Waals surface area contributed by atoms with Gasteiger partial charge < -0.3 is 10.2 Å².